The number of hydrogen-bond acceptors (Lipinski definition) is 5. The summed E-state index contributed by atoms with van der Waals surface area (Å²) >= 11 is 0. The number of esters is 1. The van der Waals surface area contributed by atoms with Gasteiger partial charge in [-0.1, -0.05) is 29.8 Å². The highest BCUT2D eigenvalue weighted by Crippen LogP contribution is 2.32. The topological polar surface area (TPSA) is 77.1 Å². The van der Waals surface area contributed by atoms with Gasteiger partial charge in [-0.2, -0.15) is 0 Å². The van der Waals surface area contributed by atoms with Gasteiger partial charge in [0.25, 0.3) is 0 Å². The number of hydrogen-bond donors (Lipinski definition) is 1. The number of carbonyl (C=O) groups excluding carboxylic acids is 2. The van der Waals surface area contributed by atoms with Crippen LogP contribution >= 0.6 is 0 Å². The number of aryl methyl sites for hydroxylation is 1. The lowest BCUT2D eigenvalue weighted by Crippen LogP contribution is -2.48. The van der Waals surface area contributed by atoms with E-state index in [0.29, 0.717) is 28.3 Å². The Morgan fingerprint density at radius 1 is 1.13 bits per heavy atom. The second kappa shape index (κ2) is 9.35. The lowest BCUT2D eigenvalue weighted by atomic mass is 9.94. The molecule has 0 unspecified atom stereocenters. The predicted molar refractivity (Wildman–Crippen MR) is 112 cm³/mol. The van der Waals surface area contributed by atoms with Crippen molar-refractivity contribution >= 4 is 12.0 Å². The molecule has 1 aliphatic heterocycles. The van der Waals surface area contributed by atoms with Gasteiger partial charge in [-0.15, -0.1) is 0 Å². The molecule has 7 nitrogen and oxygen atoms in total. The number of nitrogens with zero attached hydrogens (tertiary/aromatic N) is 1. The molecule has 0 saturated heterocycles. The summed E-state index contributed by atoms with van der Waals surface area (Å²) < 4.78 is 16.5. The van der Waals surface area contributed by atoms with E-state index in [1.807, 2.05) is 43.3 Å². The van der Waals surface area contributed by atoms with E-state index in [9.17, 15) is 9.59 Å². The zero-order valence-electron chi connectivity index (χ0n) is 17.6. The molecule has 0 radical (unpaired) electrons. The molecule has 3 rings (SSSR count). The highest BCUT2D eigenvalue weighted by Gasteiger charge is 2.37. The Morgan fingerprint density at radius 3 is 2.53 bits per heavy atom. The minimum absolute atomic E-state index is 0.0433. The summed E-state index contributed by atoms with van der Waals surface area (Å²) in [5.74, 6) is 0.773. The number of likely N-dealkylation sites (N-methyl/N-ethyl adjacent to an activating group) is 1. The molecule has 2 aromatic rings. The third-order valence-electron chi connectivity index (χ3n) is 4.90. The van der Waals surface area contributed by atoms with Gasteiger partial charge in [-0.25, -0.2) is 9.59 Å². The summed E-state index contributed by atoms with van der Waals surface area (Å²) in [5, 5.41) is 2.88. The van der Waals surface area contributed by atoms with Crippen molar-refractivity contribution in [1.29, 1.82) is 0 Å². The minimum atomic E-state index is -0.681. The molecule has 0 aliphatic carbocycles. The van der Waals surface area contributed by atoms with Crippen molar-refractivity contribution in [2.75, 3.05) is 27.4 Å². The lowest BCUT2D eigenvalue weighted by molar-refractivity contribution is -0.139. The van der Waals surface area contributed by atoms with Crippen molar-refractivity contribution in [2.45, 2.75) is 19.9 Å². The van der Waals surface area contributed by atoms with E-state index in [1.54, 1.807) is 33.2 Å². The van der Waals surface area contributed by atoms with Crippen LogP contribution in [0.4, 0.5) is 4.79 Å². The van der Waals surface area contributed by atoms with Crippen LogP contribution in [0.25, 0.3) is 0 Å². The first-order valence-electron chi connectivity index (χ1n) is 9.72. The van der Waals surface area contributed by atoms with Crippen molar-refractivity contribution < 1.29 is 23.8 Å². The van der Waals surface area contributed by atoms with Crippen LogP contribution < -0.4 is 14.8 Å². The SMILES string of the molecule is CCOC(=O)C1=C(COc2ccc(C)cc2)N(C)C(=O)N[C@@H]1c1cccc(OC)c1. The average molecular weight is 410 g/mol. The van der Waals surface area contributed by atoms with Gasteiger partial charge < -0.3 is 19.5 Å². The number of amides is 2. The fourth-order valence-electron chi connectivity index (χ4n) is 3.24. The number of ether oxygens (including phenoxy) is 3. The summed E-state index contributed by atoms with van der Waals surface area (Å²) in [4.78, 5) is 27.0. The van der Waals surface area contributed by atoms with Crippen LogP contribution in [0.15, 0.2) is 59.8 Å². The number of methoxy groups -OCH3 is 1. The van der Waals surface area contributed by atoms with Crippen LogP contribution in [-0.2, 0) is 9.53 Å². The molecule has 1 N–H and O–H groups in total. The number of nitrogens with one attached hydrogen (secondary N) is 1. The molecule has 2 aromatic carbocycles. The average Bonchev–Trinajstić information content (AvgIpc) is 2.75. The summed E-state index contributed by atoms with van der Waals surface area (Å²) in [7, 11) is 3.17. The molecule has 1 atom stereocenters. The van der Waals surface area contributed by atoms with Gasteiger partial charge in [0, 0.05) is 7.05 Å². The summed E-state index contributed by atoms with van der Waals surface area (Å²) in [6, 6.07) is 13.8. The summed E-state index contributed by atoms with van der Waals surface area (Å²) in [6.45, 7) is 3.99. The molecular formula is C23H26N2O5. The Balaban J connectivity index is 2.03. The molecule has 1 heterocycles. The first kappa shape index (κ1) is 21.2. The largest absolute Gasteiger partial charge is 0.497 e. The van der Waals surface area contributed by atoms with Crippen LogP contribution in [-0.4, -0.2) is 44.3 Å². The molecule has 1 aliphatic rings. The first-order valence-corrected chi connectivity index (χ1v) is 9.72. The van der Waals surface area contributed by atoms with Crippen LogP contribution in [0, 0.1) is 6.92 Å². The maximum Gasteiger partial charge on any atom is 0.338 e. The lowest BCUT2D eigenvalue weighted by Gasteiger charge is -2.34. The van der Waals surface area contributed by atoms with Gasteiger partial charge in [0.15, 0.2) is 0 Å². The second-order valence-corrected chi connectivity index (χ2v) is 6.90. The highest BCUT2D eigenvalue weighted by atomic mass is 16.5. The molecule has 158 valence electrons. The van der Waals surface area contributed by atoms with E-state index >= 15 is 0 Å². The van der Waals surface area contributed by atoms with E-state index in [1.165, 1.54) is 4.90 Å². The normalized spacial score (nSPS) is 16.2. The molecule has 0 bridgehead atoms. The zero-order chi connectivity index (χ0) is 21.7. The van der Waals surface area contributed by atoms with E-state index in [-0.39, 0.29) is 19.2 Å². The molecular weight excluding hydrogens is 384 g/mol. The van der Waals surface area contributed by atoms with E-state index in [2.05, 4.69) is 5.32 Å². The van der Waals surface area contributed by atoms with Crippen LogP contribution in [0.5, 0.6) is 11.5 Å². The number of urea groups is 1. The zero-order valence-corrected chi connectivity index (χ0v) is 17.6. The maximum absolute atomic E-state index is 12.9. The van der Waals surface area contributed by atoms with Gasteiger partial charge in [-0.3, -0.25) is 4.90 Å². The van der Waals surface area contributed by atoms with E-state index < -0.39 is 12.0 Å². The fraction of sp³-hybridized carbons (Fsp3) is 0.304. The van der Waals surface area contributed by atoms with Crippen molar-refractivity contribution in [2.24, 2.45) is 0 Å². The fourth-order valence-corrected chi connectivity index (χ4v) is 3.24. The van der Waals surface area contributed by atoms with E-state index in [4.69, 9.17) is 14.2 Å². The van der Waals surface area contributed by atoms with Gasteiger partial charge in [-0.05, 0) is 43.7 Å². The molecule has 0 aromatic heterocycles. The van der Waals surface area contributed by atoms with Gasteiger partial charge in [0.2, 0.25) is 0 Å². The molecule has 2 amide bonds. The van der Waals surface area contributed by atoms with Gasteiger partial charge >= 0.3 is 12.0 Å². The molecule has 30 heavy (non-hydrogen) atoms. The Kier molecular flexibility index (Phi) is 6.61. The third-order valence-corrected chi connectivity index (χ3v) is 4.90. The van der Waals surface area contributed by atoms with E-state index in [0.717, 1.165) is 5.56 Å². The minimum Gasteiger partial charge on any atom is -0.497 e. The Hall–Kier alpha value is -3.48. The molecule has 0 fully saturated rings. The number of benzene rings is 2. The van der Waals surface area contributed by atoms with Crippen LogP contribution in [0.1, 0.15) is 24.1 Å². The molecule has 0 spiro atoms. The molecule has 7 heteroatoms. The maximum atomic E-state index is 12.9. The monoisotopic (exact) mass is 410 g/mol. The first-order chi connectivity index (χ1) is 14.4. The predicted octanol–water partition coefficient (Wildman–Crippen LogP) is 3.60. The Bertz CT molecular complexity index is 952. The van der Waals surface area contributed by atoms with Crippen molar-refractivity contribution in [3.05, 3.63) is 70.9 Å². The van der Waals surface area contributed by atoms with Crippen molar-refractivity contribution in [3.8, 4) is 11.5 Å². The summed E-state index contributed by atoms with van der Waals surface area (Å²) in [6.07, 6.45) is 0. The van der Waals surface area contributed by atoms with Crippen LogP contribution in [0.3, 0.4) is 0 Å². The third kappa shape index (κ3) is 4.56. The van der Waals surface area contributed by atoms with Crippen molar-refractivity contribution in [1.82, 2.24) is 10.2 Å². The standard InChI is InChI=1S/C23H26N2O5/c1-5-29-22(26)20-19(14-30-17-11-9-15(2)10-12-17)25(3)23(27)24-21(20)16-7-6-8-18(13-16)28-4/h6-13,21H,5,14H2,1-4H3,(H,24,27)/t21-/m1/s1. The van der Waals surface area contributed by atoms with Gasteiger partial charge in [0.05, 0.1) is 31.0 Å². The van der Waals surface area contributed by atoms with Gasteiger partial charge in [0.1, 0.15) is 18.1 Å². The highest BCUT2D eigenvalue weighted by molar-refractivity contribution is 5.95. The Labute approximate surface area is 176 Å². The van der Waals surface area contributed by atoms with Crippen LogP contribution in [0.2, 0.25) is 0 Å². The second-order valence-electron chi connectivity index (χ2n) is 6.90. The van der Waals surface area contributed by atoms with Crippen molar-refractivity contribution in [3.63, 3.8) is 0 Å². The number of carbonyl (C=O) groups is 2. The summed E-state index contributed by atoms with van der Waals surface area (Å²) in [5.41, 5.74) is 2.61. The quantitative estimate of drug-likeness (QED) is 0.706. The smallest absolute Gasteiger partial charge is 0.338 e. The number of rotatable bonds is 7. The Morgan fingerprint density at radius 2 is 1.87 bits per heavy atom. The molecule has 0 saturated carbocycles.